The fraction of sp³-hybridized carbons (Fsp3) is 0.167. The first-order chi connectivity index (χ1) is 27.0. The van der Waals surface area contributed by atoms with Gasteiger partial charge in [-0.25, -0.2) is 87.8 Å². The number of benzene rings is 5. The minimum absolute atomic E-state index is 1.17. The summed E-state index contributed by atoms with van der Waals surface area (Å²) in [5, 5.41) is 0. The second kappa shape index (κ2) is 16.9. The van der Waals surface area contributed by atoms with Crippen LogP contribution >= 0.6 is 0 Å². The van der Waals surface area contributed by atoms with Crippen molar-refractivity contribution in [2.75, 3.05) is 13.1 Å². The van der Waals surface area contributed by atoms with Gasteiger partial charge in [-0.3, -0.25) is 0 Å². The molecule has 58 heavy (non-hydrogen) atoms. The van der Waals surface area contributed by atoms with Crippen LogP contribution in [-0.2, 0) is 6.54 Å². The molecule has 0 atom stereocenters. The van der Waals surface area contributed by atoms with Crippen LogP contribution < -0.4 is 26.8 Å². The van der Waals surface area contributed by atoms with Crippen LogP contribution in [0.15, 0.2) is 24.3 Å². The summed E-state index contributed by atoms with van der Waals surface area (Å²) in [5.41, 5.74) is -11.4. The van der Waals surface area contributed by atoms with Gasteiger partial charge in [-0.05, 0) is 26.3 Å². The molecule has 0 saturated heterocycles. The number of hydrogen-bond acceptors (Lipinski definition) is 0. The third kappa shape index (κ3) is 7.01. The predicted molar refractivity (Wildman–Crippen MR) is 166 cm³/mol. The monoisotopic (exact) mass is 857 g/mol. The largest absolute Gasteiger partial charge is 0.332 e. The molecule has 22 heteroatoms. The van der Waals surface area contributed by atoms with E-state index in [0.29, 0.717) is 0 Å². The Bertz CT molecular complexity index is 2050. The van der Waals surface area contributed by atoms with Crippen LogP contribution in [0, 0.1) is 123 Å². The highest BCUT2D eigenvalue weighted by Gasteiger charge is 2.52. The maximum absolute atomic E-state index is 15.4. The van der Waals surface area contributed by atoms with E-state index in [1.54, 1.807) is 4.90 Å². The second-order valence-electron chi connectivity index (χ2n) is 12.4. The molecule has 0 unspecified atom stereocenters. The lowest BCUT2D eigenvalue weighted by molar-refractivity contribution is -0.910. The van der Waals surface area contributed by atoms with Crippen molar-refractivity contribution in [1.29, 1.82) is 0 Å². The highest BCUT2D eigenvalue weighted by molar-refractivity contribution is 7.20. The molecule has 0 heterocycles. The summed E-state index contributed by atoms with van der Waals surface area (Å²) in [6.45, 7) is 10.3. The van der Waals surface area contributed by atoms with Crippen LogP contribution in [-0.4, -0.2) is 19.2 Å². The summed E-state index contributed by atoms with van der Waals surface area (Å²) in [5.74, 6) is -71.4. The Morgan fingerprint density at radius 1 is 0.345 bits per heavy atom. The summed E-state index contributed by atoms with van der Waals surface area (Å²) < 4.78 is 294. The van der Waals surface area contributed by atoms with Gasteiger partial charge in [0.15, 0.2) is 69.8 Å². The van der Waals surface area contributed by atoms with Crippen molar-refractivity contribution in [3.8, 4) is 0 Å². The summed E-state index contributed by atoms with van der Waals surface area (Å²) in [6, 6.07) is 8.67. The molecule has 5 aromatic rings. The Balaban J connectivity index is 0.000000486. The first kappa shape index (κ1) is 45.4. The first-order valence-corrected chi connectivity index (χ1v) is 16.1. The van der Waals surface area contributed by atoms with E-state index in [4.69, 9.17) is 0 Å². The maximum atomic E-state index is 15.4. The number of hydrogen-bond donors (Lipinski definition) is 1. The average molecular weight is 857 g/mol. The Morgan fingerprint density at radius 2 is 0.552 bits per heavy atom. The molecule has 0 aliphatic rings. The molecule has 0 aliphatic carbocycles. The zero-order valence-electron chi connectivity index (χ0n) is 29.1. The van der Waals surface area contributed by atoms with Gasteiger partial charge < -0.3 is 4.90 Å². The van der Waals surface area contributed by atoms with Crippen LogP contribution in [0.3, 0.4) is 0 Å². The van der Waals surface area contributed by atoms with Gasteiger partial charge >= 0.3 is 0 Å². The molecule has 1 nitrogen and oxygen atoms in total. The third-order valence-electron chi connectivity index (χ3n) is 9.41. The zero-order chi connectivity index (χ0) is 44.0. The zero-order valence-corrected chi connectivity index (χ0v) is 29.1. The fourth-order valence-electron chi connectivity index (χ4n) is 6.45. The van der Waals surface area contributed by atoms with Crippen LogP contribution in [0.25, 0.3) is 0 Å². The fourth-order valence-corrected chi connectivity index (χ4v) is 6.45. The Hall–Kier alpha value is -5.28. The molecule has 1 N–H and O–H groups in total. The molecule has 0 fully saturated rings. The van der Waals surface area contributed by atoms with E-state index in [9.17, 15) is 52.7 Å². The highest BCUT2D eigenvalue weighted by Crippen LogP contribution is 2.30. The van der Waals surface area contributed by atoms with E-state index in [-0.39, 0.29) is 0 Å². The molecule has 0 aromatic heterocycles. The topological polar surface area (TPSA) is 4.44 Å². The molecule has 0 spiro atoms. The van der Waals surface area contributed by atoms with Crippen molar-refractivity contribution in [3.05, 3.63) is 152 Å². The first-order valence-electron chi connectivity index (χ1n) is 16.1. The van der Waals surface area contributed by atoms with E-state index in [2.05, 4.69) is 45.0 Å². The highest BCUT2D eigenvalue weighted by atomic mass is 19.2. The third-order valence-corrected chi connectivity index (χ3v) is 9.41. The lowest BCUT2D eigenvalue weighted by Gasteiger charge is -2.44. The van der Waals surface area contributed by atoms with Crippen LogP contribution in [0.1, 0.15) is 25.0 Å². The van der Waals surface area contributed by atoms with E-state index >= 15 is 35.1 Å². The van der Waals surface area contributed by atoms with E-state index < -0.39 is 144 Å². The Kier molecular flexibility index (Phi) is 13.2. The van der Waals surface area contributed by atoms with Gasteiger partial charge in [0.05, 0.1) is 13.1 Å². The molecule has 0 amide bonds. The molecule has 0 aliphatic heterocycles. The molecule has 0 saturated carbocycles. The maximum Gasteiger partial charge on any atom is 0.200 e. The van der Waals surface area contributed by atoms with Crippen LogP contribution in [0.4, 0.5) is 87.8 Å². The van der Waals surface area contributed by atoms with Crippen molar-refractivity contribution in [1.82, 2.24) is 0 Å². The summed E-state index contributed by atoms with van der Waals surface area (Å²) in [6.07, 6.45) is -7.22. The van der Waals surface area contributed by atoms with Crippen molar-refractivity contribution in [2.45, 2.75) is 27.3 Å². The van der Waals surface area contributed by atoms with Gasteiger partial charge in [-0.1, -0.05) is 24.3 Å². The predicted octanol–water partition coefficient (Wildman–Crippen LogP) is 7.27. The molecule has 5 aromatic carbocycles. The van der Waals surface area contributed by atoms with E-state index in [1.165, 1.54) is 30.8 Å². The molecular formula is C36H20BF20N. The number of rotatable bonds is 8. The van der Waals surface area contributed by atoms with Gasteiger partial charge in [-0.15, -0.1) is 21.9 Å². The normalized spacial score (nSPS) is 11.7. The number of aryl methyl sites for hydroxylation is 1. The van der Waals surface area contributed by atoms with Gasteiger partial charge in [0, 0.05) is 5.56 Å². The number of quaternary nitrogens is 1. The van der Waals surface area contributed by atoms with Crippen molar-refractivity contribution in [3.63, 3.8) is 0 Å². The van der Waals surface area contributed by atoms with Gasteiger partial charge in [0.2, 0.25) is 0 Å². The summed E-state index contributed by atoms with van der Waals surface area (Å²) in [4.78, 5) is 1.65. The minimum Gasteiger partial charge on any atom is -0.332 e. The van der Waals surface area contributed by atoms with Crippen molar-refractivity contribution in [2.24, 2.45) is 0 Å². The quantitative estimate of drug-likeness (QED) is 0.0726. The minimum atomic E-state index is -7.22. The average Bonchev–Trinajstić information content (AvgIpc) is 3.20. The molecule has 5 rings (SSSR count). The standard InChI is InChI=1S/C24BF20.C12H19N/c26-5-1(6(27)14(35)21(42)13(5)34)25(2-7(28)15(36)22(43)16(37)8(2)29,3-9(30)17(38)23(44)18(39)10(3)31)4-11(32)19(40)24(45)20(41)12(4)33;1-4-13(5-2)10-12-9-7-6-8-11(12)3/h;6-9H,4-5,10H2,1-3H3/q-1;/p+1. The van der Waals surface area contributed by atoms with E-state index in [0.717, 1.165) is 0 Å². The lowest BCUT2D eigenvalue weighted by atomic mass is 9.12. The summed E-state index contributed by atoms with van der Waals surface area (Å²) >= 11 is 0. The number of halogens is 20. The lowest BCUT2D eigenvalue weighted by Crippen LogP contribution is -3.10. The van der Waals surface area contributed by atoms with E-state index in [1.807, 2.05) is 0 Å². The molecule has 0 bridgehead atoms. The van der Waals surface area contributed by atoms with Crippen LogP contribution in [0.2, 0.25) is 0 Å². The van der Waals surface area contributed by atoms with Crippen molar-refractivity contribution >= 4 is 28.0 Å². The Morgan fingerprint density at radius 3 is 0.759 bits per heavy atom. The molecule has 0 radical (unpaired) electrons. The van der Waals surface area contributed by atoms with Gasteiger partial charge in [0.25, 0.3) is 0 Å². The molecular weight excluding hydrogens is 837 g/mol. The smallest absolute Gasteiger partial charge is 0.200 e. The number of nitrogens with one attached hydrogen (secondary N) is 1. The van der Waals surface area contributed by atoms with Crippen LogP contribution in [0.5, 0.6) is 0 Å². The van der Waals surface area contributed by atoms with Gasteiger partial charge in [0.1, 0.15) is 59.2 Å². The van der Waals surface area contributed by atoms with Gasteiger partial charge in [-0.2, -0.15) is 0 Å². The molecule has 312 valence electrons. The van der Waals surface area contributed by atoms with Crippen molar-refractivity contribution < 1.29 is 92.7 Å². The Labute approximate surface area is 313 Å². The summed E-state index contributed by atoms with van der Waals surface area (Å²) in [7, 11) is 0. The SMILES string of the molecule is CC[NH+](CC)Cc1ccccc1C.Fc1c(F)c(F)c([B-](c2c(F)c(F)c(F)c(F)c2F)(c2c(F)c(F)c(F)c(F)c2F)c2c(F)c(F)c(F)c(F)c2F)c(F)c1F. The second-order valence-corrected chi connectivity index (χ2v) is 12.4.